The average molecular weight is 377 g/mol. The van der Waals surface area contributed by atoms with Crippen LogP contribution in [0.15, 0.2) is 24.3 Å². The summed E-state index contributed by atoms with van der Waals surface area (Å²) in [4.78, 5) is 26.7. The smallest absolute Gasteiger partial charge is 0.251 e. The zero-order valence-electron chi connectivity index (χ0n) is 15.4. The molecule has 1 N–H and O–H groups in total. The topological polar surface area (TPSA) is 49.4 Å². The molecule has 142 valence electrons. The molecule has 0 spiro atoms. The highest BCUT2D eigenvalue weighted by molar-refractivity contribution is 6.30. The number of amides is 2. The van der Waals surface area contributed by atoms with Gasteiger partial charge in [0.2, 0.25) is 5.91 Å². The second kappa shape index (κ2) is 9.40. The molecule has 3 rings (SSSR count). The number of carbonyl (C=O) groups excluding carboxylic acids is 2. The molecule has 4 nitrogen and oxygen atoms in total. The Morgan fingerprint density at radius 3 is 2.50 bits per heavy atom. The van der Waals surface area contributed by atoms with Crippen LogP contribution in [0.2, 0.25) is 5.02 Å². The van der Waals surface area contributed by atoms with Crippen molar-refractivity contribution in [1.29, 1.82) is 0 Å². The van der Waals surface area contributed by atoms with Crippen LogP contribution in [0.3, 0.4) is 0 Å². The fourth-order valence-electron chi connectivity index (χ4n) is 4.13. The molecule has 1 saturated carbocycles. The minimum atomic E-state index is -0.0884. The van der Waals surface area contributed by atoms with E-state index in [4.69, 9.17) is 11.6 Å². The lowest BCUT2D eigenvalue weighted by atomic mass is 9.86. The van der Waals surface area contributed by atoms with Crippen molar-refractivity contribution in [2.45, 2.75) is 63.8 Å². The normalized spacial score (nSPS) is 19.3. The van der Waals surface area contributed by atoms with Crippen LogP contribution in [0.4, 0.5) is 0 Å². The quantitative estimate of drug-likeness (QED) is 0.826. The Kier molecular flexibility index (Phi) is 6.95. The molecule has 26 heavy (non-hydrogen) atoms. The number of nitrogens with one attached hydrogen (secondary N) is 1. The molecular weight excluding hydrogens is 348 g/mol. The van der Waals surface area contributed by atoms with Crippen LogP contribution in [-0.4, -0.2) is 35.8 Å². The average Bonchev–Trinajstić information content (AvgIpc) is 2.67. The number of carbonyl (C=O) groups is 2. The van der Waals surface area contributed by atoms with E-state index in [1.54, 1.807) is 24.3 Å². The number of benzene rings is 1. The third-order valence-electron chi connectivity index (χ3n) is 5.76. The lowest BCUT2D eigenvalue weighted by Crippen LogP contribution is -2.46. The molecule has 2 fully saturated rings. The molecule has 2 amide bonds. The van der Waals surface area contributed by atoms with Gasteiger partial charge in [0.15, 0.2) is 0 Å². The third kappa shape index (κ3) is 5.47. The summed E-state index contributed by atoms with van der Waals surface area (Å²) in [5.74, 6) is 0.951. The number of halogens is 1. The van der Waals surface area contributed by atoms with Gasteiger partial charge in [0.05, 0.1) is 0 Å². The van der Waals surface area contributed by atoms with Gasteiger partial charge in [-0.3, -0.25) is 9.59 Å². The van der Waals surface area contributed by atoms with Crippen LogP contribution in [0.5, 0.6) is 0 Å². The molecule has 0 aromatic heterocycles. The van der Waals surface area contributed by atoms with Crippen molar-refractivity contribution in [2.75, 3.05) is 13.1 Å². The van der Waals surface area contributed by atoms with Crippen LogP contribution in [-0.2, 0) is 4.79 Å². The summed E-state index contributed by atoms with van der Waals surface area (Å²) in [6.07, 6.45) is 9.99. The van der Waals surface area contributed by atoms with Crippen molar-refractivity contribution >= 4 is 23.4 Å². The van der Waals surface area contributed by atoms with Crippen LogP contribution < -0.4 is 5.32 Å². The maximum absolute atomic E-state index is 12.5. The fourth-order valence-corrected chi connectivity index (χ4v) is 4.32. The SMILES string of the molecule is O=C(NC1CCN(C(=O)CCC2CCCCC2)CC1)c1cccc(Cl)c1. The van der Waals surface area contributed by atoms with E-state index >= 15 is 0 Å². The monoisotopic (exact) mass is 376 g/mol. The summed E-state index contributed by atoms with van der Waals surface area (Å²) in [6.45, 7) is 1.48. The molecular formula is C21H29ClN2O2. The van der Waals surface area contributed by atoms with Crippen molar-refractivity contribution in [3.8, 4) is 0 Å². The Morgan fingerprint density at radius 1 is 1.08 bits per heavy atom. The number of hydrogen-bond acceptors (Lipinski definition) is 2. The molecule has 1 heterocycles. The Hall–Kier alpha value is -1.55. The standard InChI is InChI=1S/C21H29ClN2O2/c22-18-8-4-7-17(15-18)21(26)23-19-11-13-24(14-12-19)20(25)10-9-16-5-2-1-3-6-16/h4,7-8,15-16,19H,1-3,5-6,9-14H2,(H,23,26). The Balaban J connectivity index is 1.39. The summed E-state index contributed by atoms with van der Waals surface area (Å²) >= 11 is 5.95. The molecule has 0 unspecified atom stereocenters. The Labute approximate surface area is 161 Å². The highest BCUT2D eigenvalue weighted by Crippen LogP contribution is 2.27. The van der Waals surface area contributed by atoms with E-state index in [0.29, 0.717) is 17.0 Å². The summed E-state index contributed by atoms with van der Waals surface area (Å²) in [5, 5.41) is 3.64. The van der Waals surface area contributed by atoms with Gasteiger partial charge in [-0.2, -0.15) is 0 Å². The van der Waals surface area contributed by atoms with Gasteiger partial charge in [-0.25, -0.2) is 0 Å². The maximum atomic E-state index is 12.5. The van der Waals surface area contributed by atoms with Gasteiger partial charge in [-0.15, -0.1) is 0 Å². The first-order valence-corrected chi connectivity index (χ1v) is 10.3. The summed E-state index contributed by atoms with van der Waals surface area (Å²) in [7, 11) is 0. The first-order chi connectivity index (χ1) is 12.6. The van der Waals surface area contributed by atoms with Crippen molar-refractivity contribution < 1.29 is 9.59 Å². The Bertz CT molecular complexity index is 620. The van der Waals surface area contributed by atoms with Gasteiger partial charge in [0.1, 0.15) is 0 Å². The number of nitrogens with zero attached hydrogens (tertiary/aromatic N) is 1. The zero-order valence-corrected chi connectivity index (χ0v) is 16.1. The zero-order chi connectivity index (χ0) is 18.4. The van der Waals surface area contributed by atoms with E-state index in [0.717, 1.165) is 38.3 Å². The summed E-state index contributed by atoms with van der Waals surface area (Å²) < 4.78 is 0. The summed E-state index contributed by atoms with van der Waals surface area (Å²) in [6, 6.07) is 7.12. The number of piperidine rings is 1. The first kappa shape index (κ1) is 19.2. The molecule has 2 aliphatic rings. The van der Waals surface area contributed by atoms with Crippen molar-refractivity contribution in [2.24, 2.45) is 5.92 Å². The lowest BCUT2D eigenvalue weighted by molar-refractivity contribution is -0.132. The van der Waals surface area contributed by atoms with E-state index in [1.165, 1.54) is 32.1 Å². The minimum Gasteiger partial charge on any atom is -0.349 e. The third-order valence-corrected chi connectivity index (χ3v) is 6.00. The highest BCUT2D eigenvalue weighted by Gasteiger charge is 2.25. The van der Waals surface area contributed by atoms with Gasteiger partial charge >= 0.3 is 0 Å². The predicted octanol–water partition coefficient (Wildman–Crippen LogP) is 4.42. The Morgan fingerprint density at radius 2 is 1.81 bits per heavy atom. The number of likely N-dealkylation sites (tertiary alicyclic amines) is 1. The number of hydrogen-bond donors (Lipinski definition) is 1. The number of rotatable bonds is 5. The predicted molar refractivity (Wildman–Crippen MR) is 104 cm³/mol. The molecule has 1 aliphatic heterocycles. The van der Waals surface area contributed by atoms with Crippen LogP contribution in [0.1, 0.15) is 68.1 Å². The first-order valence-electron chi connectivity index (χ1n) is 9.96. The van der Waals surface area contributed by atoms with Crippen LogP contribution >= 0.6 is 11.6 Å². The summed E-state index contributed by atoms with van der Waals surface area (Å²) in [5.41, 5.74) is 0.587. The van der Waals surface area contributed by atoms with Crippen LogP contribution in [0, 0.1) is 5.92 Å². The molecule has 0 atom stereocenters. The minimum absolute atomic E-state index is 0.0884. The van der Waals surface area contributed by atoms with Crippen molar-refractivity contribution in [1.82, 2.24) is 10.2 Å². The van der Waals surface area contributed by atoms with E-state index in [1.807, 2.05) is 4.90 Å². The van der Waals surface area contributed by atoms with Crippen LogP contribution in [0.25, 0.3) is 0 Å². The molecule has 0 radical (unpaired) electrons. The molecule has 1 aromatic rings. The van der Waals surface area contributed by atoms with E-state index in [-0.39, 0.29) is 17.9 Å². The van der Waals surface area contributed by atoms with Gasteiger partial charge in [0.25, 0.3) is 5.91 Å². The molecule has 0 bridgehead atoms. The maximum Gasteiger partial charge on any atom is 0.251 e. The lowest BCUT2D eigenvalue weighted by Gasteiger charge is -2.33. The van der Waals surface area contributed by atoms with Gasteiger partial charge in [-0.05, 0) is 43.4 Å². The molecule has 5 heteroatoms. The largest absolute Gasteiger partial charge is 0.349 e. The molecule has 1 saturated heterocycles. The fraction of sp³-hybridized carbons (Fsp3) is 0.619. The second-order valence-electron chi connectivity index (χ2n) is 7.68. The van der Waals surface area contributed by atoms with Gasteiger partial charge in [0, 0.05) is 36.1 Å². The molecule has 1 aliphatic carbocycles. The van der Waals surface area contributed by atoms with Gasteiger partial charge in [-0.1, -0.05) is 49.8 Å². The van der Waals surface area contributed by atoms with E-state index < -0.39 is 0 Å². The van der Waals surface area contributed by atoms with E-state index in [9.17, 15) is 9.59 Å². The van der Waals surface area contributed by atoms with E-state index in [2.05, 4.69) is 5.32 Å². The van der Waals surface area contributed by atoms with Crippen molar-refractivity contribution in [3.05, 3.63) is 34.9 Å². The molecule has 1 aromatic carbocycles. The highest BCUT2D eigenvalue weighted by atomic mass is 35.5. The van der Waals surface area contributed by atoms with Gasteiger partial charge < -0.3 is 10.2 Å². The van der Waals surface area contributed by atoms with Crippen molar-refractivity contribution in [3.63, 3.8) is 0 Å². The second-order valence-corrected chi connectivity index (χ2v) is 8.12.